The minimum Gasteiger partial charge on any atom is -0.300 e. The molecule has 1 N–H and O–H groups in total. The van der Waals surface area contributed by atoms with E-state index in [4.69, 9.17) is 12.2 Å². The average Bonchev–Trinajstić information content (AvgIpc) is 2.65. The fraction of sp³-hybridized carbons (Fsp3) is 0.417. The summed E-state index contributed by atoms with van der Waals surface area (Å²) in [7, 11) is 0. The third-order valence-electron chi connectivity index (χ3n) is 2.62. The Hall–Kier alpha value is -1.49. The maximum absolute atomic E-state index is 5.24. The van der Waals surface area contributed by atoms with Crippen LogP contribution in [0.4, 0.5) is 0 Å². The third kappa shape index (κ3) is 2.79. The number of pyridine rings is 1. The van der Waals surface area contributed by atoms with Gasteiger partial charge in [-0.25, -0.2) is 0 Å². The Balaban J connectivity index is 2.26. The second-order valence-electron chi connectivity index (χ2n) is 4.09. The lowest BCUT2D eigenvalue weighted by molar-refractivity contribution is 0.697. The van der Waals surface area contributed by atoms with Gasteiger partial charge in [-0.1, -0.05) is 13.0 Å². The summed E-state index contributed by atoms with van der Waals surface area (Å²) in [6.45, 7) is 4.85. The molecule has 2 rings (SSSR count). The minimum absolute atomic E-state index is 0.675. The molecule has 0 spiro atoms. The molecule has 4 nitrogen and oxygen atoms in total. The van der Waals surface area contributed by atoms with Crippen molar-refractivity contribution in [1.82, 2.24) is 19.7 Å². The average molecular weight is 248 g/mol. The normalized spacial score (nSPS) is 10.7. The summed E-state index contributed by atoms with van der Waals surface area (Å²) in [6, 6.07) is 4.09. The molecular formula is C12H16N4S. The Morgan fingerprint density at radius 2 is 2.24 bits per heavy atom. The van der Waals surface area contributed by atoms with Crippen molar-refractivity contribution >= 4 is 12.2 Å². The summed E-state index contributed by atoms with van der Waals surface area (Å²) in [5.41, 5.74) is 2.17. The monoisotopic (exact) mass is 248 g/mol. The number of nitrogens with one attached hydrogen (secondary N) is 1. The smallest absolute Gasteiger partial charge is 0.195 e. The van der Waals surface area contributed by atoms with Crippen LogP contribution in [-0.4, -0.2) is 19.7 Å². The van der Waals surface area contributed by atoms with E-state index in [1.165, 1.54) is 0 Å². The molecule has 0 aromatic carbocycles. The van der Waals surface area contributed by atoms with Crippen molar-refractivity contribution in [2.24, 2.45) is 0 Å². The summed E-state index contributed by atoms with van der Waals surface area (Å²) in [5, 5.41) is 7.09. The second-order valence-corrected chi connectivity index (χ2v) is 4.48. The van der Waals surface area contributed by atoms with Crippen molar-refractivity contribution in [3.05, 3.63) is 40.2 Å². The first kappa shape index (κ1) is 12.0. The largest absolute Gasteiger partial charge is 0.300 e. The number of aromatic nitrogens is 4. The second kappa shape index (κ2) is 5.23. The van der Waals surface area contributed by atoms with Crippen LogP contribution in [0.15, 0.2) is 18.3 Å². The summed E-state index contributed by atoms with van der Waals surface area (Å²) in [6.07, 6.45) is 3.89. The van der Waals surface area contributed by atoms with Crippen LogP contribution in [-0.2, 0) is 13.0 Å². The van der Waals surface area contributed by atoms with Crippen molar-refractivity contribution in [2.45, 2.75) is 33.2 Å². The van der Waals surface area contributed by atoms with Gasteiger partial charge in [0.1, 0.15) is 5.82 Å². The molecule has 17 heavy (non-hydrogen) atoms. The highest BCUT2D eigenvalue weighted by atomic mass is 32.1. The number of hydrogen-bond donors (Lipinski definition) is 1. The molecular weight excluding hydrogens is 232 g/mol. The zero-order valence-electron chi connectivity index (χ0n) is 10.1. The van der Waals surface area contributed by atoms with Crippen molar-refractivity contribution in [2.75, 3.05) is 0 Å². The molecule has 0 saturated heterocycles. The lowest BCUT2D eigenvalue weighted by Gasteiger charge is -2.06. The topological polar surface area (TPSA) is 46.5 Å². The van der Waals surface area contributed by atoms with Crippen LogP contribution in [0.25, 0.3) is 0 Å². The van der Waals surface area contributed by atoms with Crippen LogP contribution in [0.5, 0.6) is 0 Å². The van der Waals surface area contributed by atoms with Crippen LogP contribution in [0.1, 0.15) is 30.4 Å². The van der Waals surface area contributed by atoms with Gasteiger partial charge in [0.05, 0.1) is 6.54 Å². The summed E-state index contributed by atoms with van der Waals surface area (Å²) in [5.74, 6) is 1.01. The highest BCUT2D eigenvalue weighted by Gasteiger charge is 2.05. The van der Waals surface area contributed by atoms with E-state index in [0.29, 0.717) is 4.77 Å². The Bertz CT molecular complexity index is 538. The van der Waals surface area contributed by atoms with E-state index in [9.17, 15) is 0 Å². The molecule has 0 fully saturated rings. The van der Waals surface area contributed by atoms with Gasteiger partial charge in [-0.05, 0) is 37.2 Å². The van der Waals surface area contributed by atoms with Crippen molar-refractivity contribution in [3.63, 3.8) is 0 Å². The Morgan fingerprint density at radius 3 is 2.88 bits per heavy atom. The zero-order chi connectivity index (χ0) is 12.3. The molecule has 2 aromatic heterocycles. The number of nitrogens with zero attached hydrogens (tertiary/aromatic N) is 3. The van der Waals surface area contributed by atoms with Crippen LogP contribution in [0.3, 0.4) is 0 Å². The van der Waals surface area contributed by atoms with Gasteiger partial charge in [-0.3, -0.25) is 14.6 Å². The van der Waals surface area contributed by atoms with Crippen LogP contribution in [0.2, 0.25) is 0 Å². The molecule has 0 aliphatic rings. The highest BCUT2D eigenvalue weighted by molar-refractivity contribution is 7.71. The fourth-order valence-corrected chi connectivity index (χ4v) is 1.92. The predicted molar refractivity (Wildman–Crippen MR) is 69.5 cm³/mol. The first-order chi connectivity index (χ1) is 8.20. The van der Waals surface area contributed by atoms with Crippen LogP contribution >= 0.6 is 12.2 Å². The van der Waals surface area contributed by atoms with Crippen LogP contribution in [0, 0.1) is 11.7 Å². The SMILES string of the molecule is CCCc1n[nH]c(=S)n1Cc1ccc(C)nc1. The van der Waals surface area contributed by atoms with Gasteiger partial charge in [0, 0.05) is 18.3 Å². The molecule has 0 aliphatic carbocycles. The van der Waals surface area contributed by atoms with Gasteiger partial charge >= 0.3 is 0 Å². The first-order valence-corrected chi connectivity index (χ1v) is 6.17. The lowest BCUT2D eigenvalue weighted by atomic mass is 10.2. The standard InChI is InChI=1S/C12H16N4S/c1-3-4-11-14-15-12(17)16(11)8-10-6-5-9(2)13-7-10/h5-7H,3-4,8H2,1-2H3,(H,15,17). The fourth-order valence-electron chi connectivity index (χ4n) is 1.70. The number of aromatic amines is 1. The molecule has 90 valence electrons. The van der Waals surface area contributed by atoms with Crippen molar-refractivity contribution in [1.29, 1.82) is 0 Å². The van der Waals surface area contributed by atoms with Gasteiger partial charge < -0.3 is 0 Å². The van der Waals surface area contributed by atoms with E-state index >= 15 is 0 Å². The molecule has 5 heteroatoms. The molecule has 0 aliphatic heterocycles. The number of hydrogen-bond acceptors (Lipinski definition) is 3. The van der Waals surface area contributed by atoms with Gasteiger partial charge in [-0.2, -0.15) is 5.10 Å². The molecule has 0 amide bonds. The van der Waals surface area contributed by atoms with Crippen molar-refractivity contribution < 1.29 is 0 Å². The summed E-state index contributed by atoms with van der Waals surface area (Å²) < 4.78 is 2.71. The quantitative estimate of drug-likeness (QED) is 0.846. The summed E-state index contributed by atoms with van der Waals surface area (Å²) >= 11 is 5.24. The van der Waals surface area contributed by atoms with E-state index in [1.807, 2.05) is 23.8 Å². The molecule has 2 heterocycles. The molecule has 2 aromatic rings. The van der Waals surface area contributed by atoms with Crippen molar-refractivity contribution in [3.8, 4) is 0 Å². The minimum atomic E-state index is 0.675. The van der Waals surface area contributed by atoms with Crippen LogP contribution < -0.4 is 0 Å². The molecule has 0 bridgehead atoms. The van der Waals surface area contributed by atoms with E-state index in [2.05, 4.69) is 28.2 Å². The Kier molecular flexibility index (Phi) is 3.68. The molecule has 0 saturated carbocycles. The molecule has 0 atom stereocenters. The predicted octanol–water partition coefficient (Wildman–Crippen LogP) is 2.64. The van der Waals surface area contributed by atoms with E-state index in [-0.39, 0.29) is 0 Å². The number of rotatable bonds is 4. The van der Waals surface area contributed by atoms with E-state index in [0.717, 1.165) is 36.5 Å². The first-order valence-electron chi connectivity index (χ1n) is 5.76. The maximum Gasteiger partial charge on any atom is 0.195 e. The van der Waals surface area contributed by atoms with Gasteiger partial charge in [-0.15, -0.1) is 0 Å². The number of H-pyrrole nitrogens is 1. The van der Waals surface area contributed by atoms with Gasteiger partial charge in [0.15, 0.2) is 4.77 Å². The molecule has 0 radical (unpaired) electrons. The van der Waals surface area contributed by atoms with Gasteiger partial charge in [0.2, 0.25) is 0 Å². The third-order valence-corrected chi connectivity index (χ3v) is 2.94. The van der Waals surface area contributed by atoms with E-state index < -0.39 is 0 Å². The molecule has 0 unspecified atom stereocenters. The highest BCUT2D eigenvalue weighted by Crippen LogP contribution is 2.07. The lowest BCUT2D eigenvalue weighted by Crippen LogP contribution is -2.05. The van der Waals surface area contributed by atoms with Gasteiger partial charge in [0.25, 0.3) is 0 Å². The number of aryl methyl sites for hydroxylation is 2. The maximum atomic E-state index is 5.24. The summed E-state index contributed by atoms with van der Waals surface area (Å²) in [4.78, 5) is 4.29. The Morgan fingerprint density at radius 1 is 1.41 bits per heavy atom. The van der Waals surface area contributed by atoms with E-state index in [1.54, 1.807) is 0 Å². The zero-order valence-corrected chi connectivity index (χ0v) is 10.9. The Labute approximate surface area is 106 Å².